The molecule has 0 radical (unpaired) electrons. The molecule has 1 N–H and O–H groups in total. The number of pyridine rings is 1. The molecule has 1 aromatic heterocycles. The first kappa shape index (κ1) is 16.4. The third-order valence-electron chi connectivity index (χ3n) is 4.27. The van der Waals surface area contributed by atoms with Crippen molar-refractivity contribution in [2.24, 2.45) is 0 Å². The van der Waals surface area contributed by atoms with E-state index in [4.69, 9.17) is 0 Å². The van der Waals surface area contributed by atoms with Gasteiger partial charge in [0, 0.05) is 24.4 Å². The molecule has 1 aromatic rings. The second-order valence-electron chi connectivity index (χ2n) is 5.78. The zero-order valence-corrected chi connectivity index (χ0v) is 13.8. The lowest BCUT2D eigenvalue weighted by Crippen LogP contribution is -2.48. The van der Waals surface area contributed by atoms with E-state index in [2.05, 4.69) is 23.3 Å². The summed E-state index contributed by atoms with van der Waals surface area (Å²) in [7, 11) is -2.97. The molecule has 0 amide bonds. The smallest absolute Gasteiger partial charge is 0.154 e. The lowest BCUT2D eigenvalue weighted by Gasteiger charge is -2.30. The van der Waals surface area contributed by atoms with E-state index in [9.17, 15) is 8.42 Å². The van der Waals surface area contributed by atoms with Crippen LogP contribution in [0, 0.1) is 0 Å². The lowest BCUT2D eigenvalue weighted by molar-refractivity contribution is 0.438. The maximum absolute atomic E-state index is 12.3. The molecule has 1 aliphatic rings. The molecule has 1 saturated heterocycles. The molecule has 0 aromatic carbocycles. The SMILES string of the molecule is CCNC(Cc1ccc(CC)cn1)C1CCCCS1(=O)=O. The van der Waals surface area contributed by atoms with Gasteiger partial charge in [0.15, 0.2) is 9.84 Å². The fourth-order valence-electron chi connectivity index (χ4n) is 3.04. The number of aromatic nitrogens is 1. The monoisotopic (exact) mass is 310 g/mol. The Bertz CT molecular complexity index is 540. The van der Waals surface area contributed by atoms with Crippen LogP contribution in [0.2, 0.25) is 0 Å². The summed E-state index contributed by atoms with van der Waals surface area (Å²) in [5.41, 5.74) is 2.18. The molecule has 5 heteroatoms. The quantitative estimate of drug-likeness (QED) is 0.874. The normalized spacial score (nSPS) is 22.9. The van der Waals surface area contributed by atoms with Gasteiger partial charge in [-0.25, -0.2) is 8.42 Å². The molecule has 21 heavy (non-hydrogen) atoms. The van der Waals surface area contributed by atoms with Crippen LogP contribution in [0.4, 0.5) is 0 Å². The Hall–Kier alpha value is -0.940. The Morgan fingerprint density at radius 1 is 1.33 bits per heavy atom. The van der Waals surface area contributed by atoms with Crippen molar-refractivity contribution in [1.82, 2.24) is 10.3 Å². The summed E-state index contributed by atoms with van der Waals surface area (Å²) in [6.45, 7) is 4.91. The Balaban J connectivity index is 2.14. The molecule has 2 heterocycles. The third-order valence-corrected chi connectivity index (χ3v) is 6.61. The number of rotatable bonds is 6. The fraction of sp³-hybridized carbons (Fsp3) is 0.688. The van der Waals surface area contributed by atoms with E-state index in [1.54, 1.807) is 0 Å². The van der Waals surface area contributed by atoms with E-state index in [0.29, 0.717) is 12.2 Å². The van der Waals surface area contributed by atoms with Crippen molar-refractivity contribution in [2.45, 2.75) is 57.2 Å². The highest BCUT2D eigenvalue weighted by Crippen LogP contribution is 2.24. The van der Waals surface area contributed by atoms with Crippen molar-refractivity contribution in [3.05, 3.63) is 29.6 Å². The van der Waals surface area contributed by atoms with Crippen molar-refractivity contribution >= 4 is 9.84 Å². The van der Waals surface area contributed by atoms with Crippen LogP contribution >= 0.6 is 0 Å². The summed E-state index contributed by atoms with van der Waals surface area (Å²) in [5.74, 6) is 0.335. The molecule has 118 valence electrons. The van der Waals surface area contributed by atoms with E-state index in [1.165, 1.54) is 5.56 Å². The number of hydrogen-bond acceptors (Lipinski definition) is 4. The third kappa shape index (κ3) is 4.27. The topological polar surface area (TPSA) is 59.1 Å². The van der Waals surface area contributed by atoms with E-state index in [0.717, 1.165) is 37.9 Å². The van der Waals surface area contributed by atoms with E-state index in [1.807, 2.05) is 19.2 Å². The van der Waals surface area contributed by atoms with Crippen molar-refractivity contribution in [2.75, 3.05) is 12.3 Å². The molecular formula is C16H26N2O2S. The zero-order valence-electron chi connectivity index (χ0n) is 13.0. The lowest BCUT2D eigenvalue weighted by atomic mass is 10.0. The van der Waals surface area contributed by atoms with Crippen LogP contribution in [-0.4, -0.2) is 37.0 Å². The Morgan fingerprint density at radius 2 is 2.14 bits per heavy atom. The highest BCUT2D eigenvalue weighted by atomic mass is 32.2. The van der Waals surface area contributed by atoms with Gasteiger partial charge < -0.3 is 5.32 Å². The van der Waals surface area contributed by atoms with Crippen LogP contribution in [0.5, 0.6) is 0 Å². The molecule has 2 atom stereocenters. The van der Waals surface area contributed by atoms with Gasteiger partial charge in [-0.2, -0.15) is 0 Å². The van der Waals surface area contributed by atoms with Crippen LogP contribution in [0.1, 0.15) is 44.4 Å². The predicted octanol–water partition coefficient (Wildman–Crippen LogP) is 2.13. The largest absolute Gasteiger partial charge is 0.313 e. The molecule has 1 aliphatic heterocycles. The van der Waals surface area contributed by atoms with Crippen molar-refractivity contribution in [1.29, 1.82) is 0 Å². The first-order valence-electron chi connectivity index (χ1n) is 7.95. The number of aryl methyl sites for hydroxylation is 1. The van der Waals surface area contributed by atoms with Gasteiger partial charge in [-0.1, -0.05) is 26.3 Å². The summed E-state index contributed by atoms with van der Waals surface area (Å²) >= 11 is 0. The molecule has 0 saturated carbocycles. The Labute approximate surface area is 128 Å². The predicted molar refractivity (Wildman–Crippen MR) is 86.2 cm³/mol. The minimum absolute atomic E-state index is 0.0275. The summed E-state index contributed by atoms with van der Waals surface area (Å²) in [5, 5.41) is 3.10. The maximum atomic E-state index is 12.3. The average molecular weight is 310 g/mol. The molecule has 4 nitrogen and oxygen atoms in total. The number of nitrogens with one attached hydrogen (secondary N) is 1. The number of likely N-dealkylation sites (N-methyl/N-ethyl adjacent to an activating group) is 1. The molecular weight excluding hydrogens is 284 g/mol. The second kappa shape index (κ2) is 7.36. The fourth-order valence-corrected chi connectivity index (χ4v) is 5.17. The van der Waals surface area contributed by atoms with E-state index >= 15 is 0 Å². The molecule has 0 aliphatic carbocycles. The molecule has 2 rings (SSSR count). The number of nitrogens with zero attached hydrogens (tertiary/aromatic N) is 1. The molecule has 0 bridgehead atoms. The first-order chi connectivity index (χ1) is 10.1. The minimum atomic E-state index is -2.97. The van der Waals surface area contributed by atoms with Crippen molar-refractivity contribution in [3.63, 3.8) is 0 Å². The van der Waals surface area contributed by atoms with Gasteiger partial charge in [-0.3, -0.25) is 4.98 Å². The summed E-state index contributed by atoms with van der Waals surface area (Å²) in [6, 6.07) is 4.08. The standard InChI is InChI=1S/C16H26N2O2S/c1-3-13-8-9-14(18-12-13)11-15(17-4-2)16-7-5-6-10-21(16,19)20/h8-9,12,15-17H,3-7,10-11H2,1-2H3. The minimum Gasteiger partial charge on any atom is -0.313 e. The Kier molecular flexibility index (Phi) is 5.76. The summed E-state index contributed by atoms with van der Waals surface area (Å²) < 4.78 is 24.7. The summed E-state index contributed by atoms with van der Waals surface area (Å²) in [6.07, 6.45) is 6.14. The van der Waals surface area contributed by atoms with Gasteiger partial charge in [0.2, 0.25) is 0 Å². The zero-order chi connectivity index (χ0) is 15.3. The number of hydrogen-bond donors (Lipinski definition) is 1. The Morgan fingerprint density at radius 3 is 2.71 bits per heavy atom. The highest BCUT2D eigenvalue weighted by Gasteiger charge is 2.35. The van der Waals surface area contributed by atoms with Gasteiger partial charge in [0.05, 0.1) is 11.0 Å². The molecule has 0 spiro atoms. The maximum Gasteiger partial charge on any atom is 0.154 e. The second-order valence-corrected chi connectivity index (χ2v) is 8.12. The summed E-state index contributed by atoms with van der Waals surface area (Å²) in [4.78, 5) is 4.48. The molecule has 2 unspecified atom stereocenters. The van der Waals surface area contributed by atoms with Crippen molar-refractivity contribution < 1.29 is 8.42 Å². The first-order valence-corrected chi connectivity index (χ1v) is 9.67. The van der Waals surface area contributed by atoms with Gasteiger partial charge >= 0.3 is 0 Å². The van der Waals surface area contributed by atoms with Gasteiger partial charge in [-0.05, 0) is 37.4 Å². The van der Waals surface area contributed by atoms with Crippen LogP contribution in [-0.2, 0) is 22.7 Å². The van der Waals surface area contributed by atoms with Gasteiger partial charge in [0.25, 0.3) is 0 Å². The number of sulfone groups is 1. The van der Waals surface area contributed by atoms with E-state index in [-0.39, 0.29) is 11.3 Å². The van der Waals surface area contributed by atoms with Crippen molar-refractivity contribution in [3.8, 4) is 0 Å². The molecule has 1 fully saturated rings. The van der Waals surface area contributed by atoms with Gasteiger partial charge in [0.1, 0.15) is 0 Å². The van der Waals surface area contributed by atoms with Gasteiger partial charge in [-0.15, -0.1) is 0 Å². The van der Waals surface area contributed by atoms with Crippen LogP contribution in [0.15, 0.2) is 18.3 Å². The highest BCUT2D eigenvalue weighted by molar-refractivity contribution is 7.92. The van der Waals surface area contributed by atoms with E-state index < -0.39 is 9.84 Å². The van der Waals surface area contributed by atoms with Crippen LogP contribution in [0.25, 0.3) is 0 Å². The van der Waals surface area contributed by atoms with Crippen LogP contribution in [0.3, 0.4) is 0 Å². The van der Waals surface area contributed by atoms with Crippen LogP contribution < -0.4 is 5.32 Å². The average Bonchev–Trinajstić information content (AvgIpc) is 2.47.